The van der Waals surface area contributed by atoms with Gasteiger partial charge in [-0.15, -0.1) is 5.10 Å². The molecule has 1 aromatic heterocycles. The summed E-state index contributed by atoms with van der Waals surface area (Å²) in [6.07, 6.45) is 1.60. The van der Waals surface area contributed by atoms with Crippen LogP contribution in [0.15, 0.2) is 36.5 Å². The van der Waals surface area contributed by atoms with E-state index in [0.717, 1.165) is 16.9 Å². The fourth-order valence-corrected chi connectivity index (χ4v) is 1.36. The first-order valence-corrected chi connectivity index (χ1v) is 5.05. The fraction of sp³-hybridized carbons (Fsp3) is 0.167. The number of aryl methyl sites for hydroxylation is 1. The zero-order chi connectivity index (χ0) is 11.4. The zero-order valence-corrected chi connectivity index (χ0v) is 9.05. The number of aromatic nitrogens is 2. The molecule has 0 spiro atoms. The monoisotopic (exact) mass is 215 g/mol. The molecule has 16 heavy (non-hydrogen) atoms. The van der Waals surface area contributed by atoms with Gasteiger partial charge in [0.05, 0.1) is 6.20 Å². The van der Waals surface area contributed by atoms with Crippen molar-refractivity contribution < 1.29 is 4.74 Å². The molecule has 0 saturated heterocycles. The summed E-state index contributed by atoms with van der Waals surface area (Å²) in [5.41, 5.74) is 7.49. The summed E-state index contributed by atoms with van der Waals surface area (Å²) < 4.78 is 5.68. The molecule has 1 heterocycles. The molecule has 0 fully saturated rings. The van der Waals surface area contributed by atoms with Crippen molar-refractivity contribution >= 4 is 0 Å². The Morgan fingerprint density at radius 1 is 1.25 bits per heavy atom. The third-order valence-electron chi connectivity index (χ3n) is 2.29. The van der Waals surface area contributed by atoms with Crippen molar-refractivity contribution in [3.63, 3.8) is 0 Å². The van der Waals surface area contributed by atoms with Gasteiger partial charge in [0.15, 0.2) is 0 Å². The minimum Gasteiger partial charge on any atom is -0.437 e. The Bertz CT molecular complexity index is 485. The van der Waals surface area contributed by atoms with Crippen LogP contribution in [0, 0.1) is 6.92 Å². The maximum absolute atomic E-state index is 5.68. The molecule has 0 bridgehead atoms. The number of para-hydroxylation sites is 1. The Balaban J connectivity index is 2.30. The highest BCUT2D eigenvalue weighted by molar-refractivity contribution is 5.36. The molecule has 2 rings (SSSR count). The maximum Gasteiger partial charge on any atom is 0.243 e. The second-order valence-corrected chi connectivity index (χ2v) is 3.43. The SMILES string of the molecule is Cc1ccccc1Oc1nnccc1CN. The lowest BCUT2D eigenvalue weighted by Gasteiger charge is -2.09. The molecule has 0 aliphatic rings. The predicted molar refractivity (Wildman–Crippen MR) is 61.2 cm³/mol. The van der Waals surface area contributed by atoms with Crippen molar-refractivity contribution in [2.24, 2.45) is 5.73 Å². The van der Waals surface area contributed by atoms with Crippen LogP contribution >= 0.6 is 0 Å². The van der Waals surface area contributed by atoms with Gasteiger partial charge in [-0.25, -0.2) is 0 Å². The van der Waals surface area contributed by atoms with E-state index >= 15 is 0 Å². The third kappa shape index (κ3) is 2.17. The lowest BCUT2D eigenvalue weighted by atomic mass is 10.2. The molecule has 4 nitrogen and oxygen atoms in total. The number of nitrogens with two attached hydrogens (primary N) is 1. The van der Waals surface area contributed by atoms with Crippen molar-refractivity contribution in [2.45, 2.75) is 13.5 Å². The van der Waals surface area contributed by atoms with Crippen LogP contribution in [0.1, 0.15) is 11.1 Å². The summed E-state index contributed by atoms with van der Waals surface area (Å²) in [7, 11) is 0. The van der Waals surface area contributed by atoms with Gasteiger partial charge in [0.1, 0.15) is 5.75 Å². The number of nitrogens with zero attached hydrogens (tertiary/aromatic N) is 2. The minimum atomic E-state index is 0.386. The number of ether oxygens (including phenoxy) is 1. The van der Waals surface area contributed by atoms with Crippen LogP contribution < -0.4 is 10.5 Å². The van der Waals surface area contributed by atoms with Gasteiger partial charge in [0.25, 0.3) is 0 Å². The van der Waals surface area contributed by atoms with E-state index in [-0.39, 0.29) is 0 Å². The van der Waals surface area contributed by atoms with Crippen molar-refractivity contribution in [2.75, 3.05) is 0 Å². The Labute approximate surface area is 94.1 Å². The van der Waals surface area contributed by atoms with Gasteiger partial charge in [-0.1, -0.05) is 18.2 Å². The van der Waals surface area contributed by atoms with Gasteiger partial charge < -0.3 is 10.5 Å². The van der Waals surface area contributed by atoms with Crippen LogP contribution in [0.4, 0.5) is 0 Å². The van der Waals surface area contributed by atoms with Crippen LogP contribution in [-0.4, -0.2) is 10.2 Å². The molecule has 1 aromatic carbocycles. The molecule has 2 aromatic rings. The summed E-state index contributed by atoms with van der Waals surface area (Å²) in [5, 5.41) is 7.72. The molecule has 0 unspecified atom stereocenters. The quantitative estimate of drug-likeness (QED) is 0.851. The minimum absolute atomic E-state index is 0.386. The van der Waals surface area contributed by atoms with Gasteiger partial charge >= 0.3 is 0 Å². The van der Waals surface area contributed by atoms with Crippen molar-refractivity contribution in [1.82, 2.24) is 10.2 Å². The largest absolute Gasteiger partial charge is 0.437 e. The molecule has 2 N–H and O–H groups in total. The summed E-state index contributed by atoms with van der Waals surface area (Å²) in [5.74, 6) is 1.25. The van der Waals surface area contributed by atoms with Crippen LogP contribution in [0.2, 0.25) is 0 Å². The Morgan fingerprint density at radius 3 is 2.81 bits per heavy atom. The van der Waals surface area contributed by atoms with E-state index in [1.807, 2.05) is 31.2 Å². The van der Waals surface area contributed by atoms with E-state index in [0.29, 0.717) is 12.4 Å². The highest BCUT2D eigenvalue weighted by atomic mass is 16.5. The van der Waals surface area contributed by atoms with Crippen LogP contribution in [-0.2, 0) is 6.54 Å². The van der Waals surface area contributed by atoms with Gasteiger partial charge in [-0.3, -0.25) is 0 Å². The second kappa shape index (κ2) is 4.72. The van der Waals surface area contributed by atoms with Crippen molar-refractivity contribution in [1.29, 1.82) is 0 Å². The summed E-state index contributed by atoms with van der Waals surface area (Å²) in [4.78, 5) is 0. The average Bonchev–Trinajstić information content (AvgIpc) is 2.33. The molecule has 4 heteroatoms. The highest BCUT2D eigenvalue weighted by Gasteiger charge is 2.06. The fourth-order valence-electron chi connectivity index (χ4n) is 1.36. The van der Waals surface area contributed by atoms with Crippen LogP contribution in [0.3, 0.4) is 0 Å². The molecular weight excluding hydrogens is 202 g/mol. The zero-order valence-electron chi connectivity index (χ0n) is 9.05. The third-order valence-corrected chi connectivity index (χ3v) is 2.29. The average molecular weight is 215 g/mol. The van der Waals surface area contributed by atoms with E-state index in [4.69, 9.17) is 10.5 Å². The Morgan fingerprint density at radius 2 is 2.06 bits per heavy atom. The standard InChI is InChI=1S/C12H13N3O/c1-9-4-2-3-5-11(9)16-12-10(8-13)6-7-14-15-12/h2-7H,8,13H2,1H3. The Hall–Kier alpha value is -1.94. The lowest BCUT2D eigenvalue weighted by molar-refractivity contribution is 0.445. The van der Waals surface area contributed by atoms with Crippen LogP contribution in [0.25, 0.3) is 0 Å². The molecule has 0 saturated carbocycles. The number of hydrogen-bond donors (Lipinski definition) is 1. The number of hydrogen-bond acceptors (Lipinski definition) is 4. The molecule has 0 aliphatic heterocycles. The van der Waals surface area contributed by atoms with Crippen molar-refractivity contribution in [3.05, 3.63) is 47.7 Å². The van der Waals surface area contributed by atoms with E-state index in [9.17, 15) is 0 Å². The van der Waals surface area contributed by atoms with Gasteiger partial charge in [0.2, 0.25) is 5.88 Å². The molecule has 0 atom stereocenters. The molecular formula is C12H13N3O. The predicted octanol–water partition coefficient (Wildman–Crippen LogP) is 2.04. The molecule has 82 valence electrons. The first kappa shape index (κ1) is 10.6. The van der Waals surface area contributed by atoms with Gasteiger partial charge in [-0.2, -0.15) is 5.10 Å². The molecule has 0 amide bonds. The topological polar surface area (TPSA) is 61.0 Å². The van der Waals surface area contributed by atoms with E-state index in [1.54, 1.807) is 12.3 Å². The summed E-state index contributed by atoms with van der Waals surface area (Å²) >= 11 is 0. The highest BCUT2D eigenvalue weighted by Crippen LogP contribution is 2.24. The summed E-state index contributed by atoms with van der Waals surface area (Å²) in [6.45, 7) is 2.37. The Kier molecular flexibility index (Phi) is 3.12. The molecule has 0 aliphatic carbocycles. The van der Waals surface area contributed by atoms with Crippen molar-refractivity contribution in [3.8, 4) is 11.6 Å². The summed E-state index contributed by atoms with van der Waals surface area (Å²) in [6, 6.07) is 9.56. The van der Waals surface area contributed by atoms with Crippen LogP contribution in [0.5, 0.6) is 11.6 Å². The second-order valence-electron chi connectivity index (χ2n) is 3.43. The van der Waals surface area contributed by atoms with E-state index in [2.05, 4.69) is 10.2 Å². The smallest absolute Gasteiger partial charge is 0.243 e. The number of benzene rings is 1. The normalized spacial score (nSPS) is 10.1. The first-order valence-electron chi connectivity index (χ1n) is 5.05. The number of rotatable bonds is 3. The lowest BCUT2D eigenvalue weighted by Crippen LogP contribution is -2.02. The van der Waals surface area contributed by atoms with E-state index in [1.165, 1.54) is 0 Å². The first-order chi connectivity index (χ1) is 7.81. The van der Waals surface area contributed by atoms with E-state index < -0.39 is 0 Å². The maximum atomic E-state index is 5.68. The van der Waals surface area contributed by atoms with Gasteiger partial charge in [-0.05, 0) is 24.6 Å². The van der Waals surface area contributed by atoms with Gasteiger partial charge in [0, 0.05) is 12.1 Å². The molecule has 0 radical (unpaired) electrons.